The van der Waals surface area contributed by atoms with E-state index in [0.717, 1.165) is 47.1 Å². The smallest absolute Gasteiger partial charge is 0.152 e. The van der Waals surface area contributed by atoms with Gasteiger partial charge < -0.3 is 9.88 Å². The van der Waals surface area contributed by atoms with Crippen molar-refractivity contribution < 1.29 is 0 Å². The molecule has 4 aromatic heterocycles. The van der Waals surface area contributed by atoms with E-state index in [0.29, 0.717) is 5.15 Å². The number of aromatic amines is 1. The van der Waals surface area contributed by atoms with Gasteiger partial charge in [0.1, 0.15) is 11.2 Å². The van der Waals surface area contributed by atoms with Gasteiger partial charge in [0.05, 0.1) is 35.1 Å². The molecular weight excluding hydrogens is 362 g/mol. The maximum atomic E-state index is 6.15. The van der Waals surface area contributed by atoms with Crippen molar-refractivity contribution in [3.8, 4) is 0 Å². The molecular formula is C19H18ClN7. The van der Waals surface area contributed by atoms with Gasteiger partial charge in [0, 0.05) is 24.9 Å². The number of nitrogens with zero attached hydrogens (tertiary/aromatic N) is 6. The number of imidazole rings is 1. The van der Waals surface area contributed by atoms with Crippen LogP contribution < -0.4 is 4.90 Å². The molecule has 0 fully saturated rings. The molecule has 5 rings (SSSR count). The van der Waals surface area contributed by atoms with E-state index in [-0.39, 0.29) is 6.04 Å². The molecule has 7 nitrogen and oxygen atoms in total. The number of hydrogen-bond acceptors (Lipinski definition) is 5. The minimum Gasteiger partial charge on any atom is -0.348 e. The van der Waals surface area contributed by atoms with E-state index in [4.69, 9.17) is 16.7 Å². The van der Waals surface area contributed by atoms with Gasteiger partial charge in [-0.1, -0.05) is 17.7 Å². The van der Waals surface area contributed by atoms with Crippen molar-refractivity contribution in [2.75, 3.05) is 11.4 Å². The molecule has 0 unspecified atom stereocenters. The summed E-state index contributed by atoms with van der Waals surface area (Å²) in [5, 5.41) is 5.23. The Morgan fingerprint density at radius 2 is 2.15 bits per heavy atom. The fourth-order valence-corrected chi connectivity index (χ4v) is 3.93. The molecule has 4 aromatic rings. The number of aromatic nitrogens is 6. The number of aryl methyl sites for hydroxylation is 2. The van der Waals surface area contributed by atoms with E-state index in [2.05, 4.69) is 43.9 Å². The number of halogens is 1. The number of fused-ring (bicyclic) bond motifs is 2. The Morgan fingerprint density at radius 1 is 1.26 bits per heavy atom. The third-order valence-corrected chi connectivity index (χ3v) is 5.29. The summed E-state index contributed by atoms with van der Waals surface area (Å²) in [6.07, 6.45) is 6.15. The fraction of sp³-hybridized carbons (Fsp3) is 0.263. The van der Waals surface area contributed by atoms with Gasteiger partial charge in [-0.15, -0.1) is 0 Å². The Balaban J connectivity index is 1.71. The molecule has 0 saturated heterocycles. The van der Waals surface area contributed by atoms with Crippen molar-refractivity contribution in [1.29, 1.82) is 0 Å². The molecule has 1 aliphatic heterocycles. The van der Waals surface area contributed by atoms with E-state index < -0.39 is 0 Å². The van der Waals surface area contributed by atoms with Crippen LogP contribution in [0.5, 0.6) is 0 Å². The molecule has 0 bridgehead atoms. The maximum absolute atomic E-state index is 6.15. The number of H-pyrrole nitrogens is 1. The van der Waals surface area contributed by atoms with Crippen molar-refractivity contribution in [3.05, 3.63) is 70.4 Å². The molecule has 0 amide bonds. The monoisotopic (exact) mass is 379 g/mol. The molecule has 1 atom stereocenters. The summed E-state index contributed by atoms with van der Waals surface area (Å²) in [5.41, 5.74) is 6.15. The van der Waals surface area contributed by atoms with Crippen molar-refractivity contribution in [1.82, 2.24) is 29.5 Å². The lowest BCUT2D eigenvalue weighted by Crippen LogP contribution is -2.37. The number of rotatable bonds is 2. The molecule has 0 radical (unpaired) electrons. The molecule has 0 aromatic carbocycles. The van der Waals surface area contributed by atoms with Crippen LogP contribution in [0.3, 0.4) is 0 Å². The Kier molecular flexibility index (Phi) is 3.65. The summed E-state index contributed by atoms with van der Waals surface area (Å²) in [6, 6.07) is 6.08. The summed E-state index contributed by atoms with van der Waals surface area (Å²) < 4.78 is 1.92. The third-order valence-electron chi connectivity index (χ3n) is 5.11. The summed E-state index contributed by atoms with van der Waals surface area (Å²) >= 11 is 6.15. The molecule has 136 valence electrons. The van der Waals surface area contributed by atoms with Crippen LogP contribution >= 0.6 is 11.6 Å². The minimum atomic E-state index is -0.147. The van der Waals surface area contributed by atoms with Gasteiger partial charge in [0.25, 0.3) is 0 Å². The highest BCUT2D eigenvalue weighted by atomic mass is 35.5. The molecule has 0 saturated carbocycles. The second kappa shape index (κ2) is 6.06. The zero-order valence-corrected chi connectivity index (χ0v) is 15.8. The standard InChI is InChI=1S/C19H18ClN7/c1-11-4-3-6-27-15(11)8-14(25-27)18-17-13(22-10-23-17)5-7-26(18)19-12(2)21-9-16(20)24-19/h3-4,6,8-10,18H,5,7H2,1-2H3,(H,22,23)/t18-/m0/s1. The van der Waals surface area contributed by atoms with Crippen molar-refractivity contribution in [2.24, 2.45) is 0 Å². The SMILES string of the molecule is Cc1ncc(Cl)nc1N1CCc2[nH]cnc2[C@@H]1c1cc2c(C)cccn2n1. The zero-order valence-electron chi connectivity index (χ0n) is 15.0. The summed E-state index contributed by atoms with van der Waals surface area (Å²) in [7, 11) is 0. The second-order valence-electron chi connectivity index (χ2n) is 6.80. The highest BCUT2D eigenvalue weighted by Gasteiger charge is 2.34. The van der Waals surface area contributed by atoms with Crippen molar-refractivity contribution >= 4 is 22.9 Å². The number of pyridine rings is 1. The van der Waals surface area contributed by atoms with E-state index in [9.17, 15) is 0 Å². The Labute approximate surface area is 161 Å². The number of hydrogen-bond donors (Lipinski definition) is 1. The van der Waals surface area contributed by atoms with Crippen LogP contribution in [0, 0.1) is 13.8 Å². The molecule has 1 aliphatic rings. The minimum absolute atomic E-state index is 0.147. The Morgan fingerprint density at radius 3 is 3.00 bits per heavy atom. The average molecular weight is 380 g/mol. The quantitative estimate of drug-likeness (QED) is 0.578. The highest BCUT2D eigenvalue weighted by Crippen LogP contribution is 2.37. The lowest BCUT2D eigenvalue weighted by Gasteiger charge is -2.35. The Hall–Kier alpha value is -2.93. The topological polar surface area (TPSA) is 75.0 Å². The number of nitrogens with one attached hydrogen (secondary N) is 1. The predicted octanol–water partition coefficient (Wildman–Crippen LogP) is 3.27. The lowest BCUT2D eigenvalue weighted by molar-refractivity contribution is 0.607. The first-order valence-electron chi connectivity index (χ1n) is 8.84. The van der Waals surface area contributed by atoms with Gasteiger partial charge in [0.15, 0.2) is 5.82 Å². The van der Waals surface area contributed by atoms with Crippen LogP contribution in [-0.2, 0) is 6.42 Å². The molecule has 0 spiro atoms. The Bertz CT molecular complexity index is 1150. The van der Waals surface area contributed by atoms with Gasteiger partial charge in [-0.2, -0.15) is 5.10 Å². The first kappa shape index (κ1) is 16.3. The van der Waals surface area contributed by atoms with Crippen LogP contribution in [0.1, 0.15) is 34.4 Å². The highest BCUT2D eigenvalue weighted by molar-refractivity contribution is 6.29. The van der Waals surface area contributed by atoms with E-state index >= 15 is 0 Å². The summed E-state index contributed by atoms with van der Waals surface area (Å²) in [6.45, 7) is 4.82. The van der Waals surface area contributed by atoms with Gasteiger partial charge >= 0.3 is 0 Å². The fourth-order valence-electron chi connectivity index (χ4n) is 3.80. The first-order valence-corrected chi connectivity index (χ1v) is 9.22. The van der Waals surface area contributed by atoms with Gasteiger partial charge in [-0.25, -0.2) is 14.5 Å². The zero-order chi connectivity index (χ0) is 18.5. The van der Waals surface area contributed by atoms with E-state index in [1.807, 2.05) is 23.7 Å². The van der Waals surface area contributed by atoms with E-state index in [1.54, 1.807) is 12.5 Å². The van der Waals surface area contributed by atoms with Crippen LogP contribution in [-0.4, -0.2) is 36.1 Å². The van der Waals surface area contributed by atoms with Gasteiger partial charge in [-0.3, -0.25) is 4.98 Å². The predicted molar refractivity (Wildman–Crippen MR) is 103 cm³/mol. The van der Waals surface area contributed by atoms with Gasteiger partial charge in [-0.05, 0) is 31.5 Å². The largest absolute Gasteiger partial charge is 0.348 e. The van der Waals surface area contributed by atoms with Crippen LogP contribution in [0.15, 0.2) is 36.9 Å². The van der Waals surface area contributed by atoms with Crippen LogP contribution in [0.4, 0.5) is 5.82 Å². The lowest BCUT2D eigenvalue weighted by atomic mass is 9.99. The first-order chi connectivity index (χ1) is 13.1. The third kappa shape index (κ3) is 2.57. The molecule has 8 heteroatoms. The number of anilines is 1. The molecule has 27 heavy (non-hydrogen) atoms. The maximum Gasteiger partial charge on any atom is 0.152 e. The van der Waals surface area contributed by atoms with Gasteiger partial charge in [0.2, 0.25) is 0 Å². The average Bonchev–Trinajstić information content (AvgIpc) is 3.30. The normalized spacial score (nSPS) is 16.7. The summed E-state index contributed by atoms with van der Waals surface area (Å²) in [5.74, 6) is 0.773. The van der Waals surface area contributed by atoms with Crippen LogP contribution in [0.25, 0.3) is 5.52 Å². The second-order valence-corrected chi connectivity index (χ2v) is 7.19. The molecule has 1 N–H and O–H groups in total. The molecule has 0 aliphatic carbocycles. The van der Waals surface area contributed by atoms with Crippen molar-refractivity contribution in [3.63, 3.8) is 0 Å². The summed E-state index contributed by atoms with van der Waals surface area (Å²) in [4.78, 5) is 19.0. The van der Waals surface area contributed by atoms with E-state index in [1.165, 1.54) is 5.56 Å². The molecule has 5 heterocycles. The van der Waals surface area contributed by atoms with Crippen molar-refractivity contribution in [2.45, 2.75) is 26.3 Å². The van der Waals surface area contributed by atoms with Crippen LogP contribution in [0.2, 0.25) is 5.15 Å².